The van der Waals surface area contributed by atoms with Gasteiger partial charge < -0.3 is 0 Å². The van der Waals surface area contributed by atoms with Crippen LogP contribution in [0.3, 0.4) is 0 Å². The van der Waals surface area contributed by atoms with E-state index in [9.17, 15) is 9.59 Å². The largest absolute Gasteiger partial charge is 0.295 e. The van der Waals surface area contributed by atoms with Crippen LogP contribution in [0.25, 0.3) is 0 Å². The molecule has 0 aliphatic heterocycles. The number of carbonyl (C=O) groups excluding carboxylic acids is 2. The van der Waals surface area contributed by atoms with Crippen LogP contribution in [0.4, 0.5) is 0 Å². The van der Waals surface area contributed by atoms with Crippen LogP contribution in [0.1, 0.15) is 66.7 Å². The summed E-state index contributed by atoms with van der Waals surface area (Å²) in [7, 11) is 0. The first-order valence-corrected chi connectivity index (χ1v) is 9.97. The van der Waals surface area contributed by atoms with E-state index in [0.717, 1.165) is 43.3 Å². The molecule has 2 nitrogen and oxygen atoms in total. The van der Waals surface area contributed by atoms with Crippen molar-refractivity contribution in [2.75, 3.05) is 0 Å². The third-order valence-corrected chi connectivity index (χ3v) is 5.45. The summed E-state index contributed by atoms with van der Waals surface area (Å²) in [5.41, 5.74) is 5.43. The fraction of sp³-hybridized carbons (Fsp3) is 0.440. The molecule has 144 valence electrons. The molecule has 0 aromatic carbocycles. The van der Waals surface area contributed by atoms with Gasteiger partial charge in [-0.15, -0.1) is 0 Å². The molecule has 0 aromatic rings. The van der Waals surface area contributed by atoms with E-state index < -0.39 is 0 Å². The van der Waals surface area contributed by atoms with Crippen molar-refractivity contribution in [3.8, 4) is 0 Å². The summed E-state index contributed by atoms with van der Waals surface area (Å²) in [6.45, 7) is 9.77. The van der Waals surface area contributed by atoms with Gasteiger partial charge in [0.05, 0.1) is 0 Å². The van der Waals surface area contributed by atoms with E-state index in [0.29, 0.717) is 0 Å². The maximum atomic E-state index is 11.9. The first kappa shape index (κ1) is 21.1. The van der Waals surface area contributed by atoms with E-state index in [2.05, 4.69) is 45.1 Å². The lowest BCUT2D eigenvalue weighted by Crippen LogP contribution is -2.21. The van der Waals surface area contributed by atoms with Crippen LogP contribution in [0.5, 0.6) is 0 Å². The van der Waals surface area contributed by atoms with Gasteiger partial charge in [0.15, 0.2) is 11.6 Å². The van der Waals surface area contributed by atoms with Gasteiger partial charge in [0.1, 0.15) is 0 Å². The number of allylic oxidation sites excluding steroid dienone is 12. The van der Waals surface area contributed by atoms with Crippen LogP contribution < -0.4 is 0 Å². The van der Waals surface area contributed by atoms with Crippen molar-refractivity contribution in [3.63, 3.8) is 0 Å². The fourth-order valence-corrected chi connectivity index (χ4v) is 3.59. The summed E-state index contributed by atoms with van der Waals surface area (Å²) in [5.74, 6) is 0.229. The van der Waals surface area contributed by atoms with E-state index in [1.54, 1.807) is 13.8 Å². The van der Waals surface area contributed by atoms with Crippen LogP contribution >= 0.6 is 0 Å². The molecule has 2 heteroatoms. The first-order chi connectivity index (χ1) is 12.8. The van der Waals surface area contributed by atoms with Crippen LogP contribution in [0.2, 0.25) is 0 Å². The monoisotopic (exact) mass is 364 g/mol. The summed E-state index contributed by atoms with van der Waals surface area (Å²) in [5, 5.41) is 0. The summed E-state index contributed by atoms with van der Waals surface area (Å²) in [4.78, 5) is 23.6. The summed E-state index contributed by atoms with van der Waals surface area (Å²) in [6.07, 6.45) is 19.4. The lowest BCUT2D eigenvalue weighted by Gasteiger charge is -2.33. The Labute approximate surface area is 164 Å². The molecular weight excluding hydrogens is 332 g/mol. The summed E-state index contributed by atoms with van der Waals surface area (Å²) in [6, 6.07) is 0. The van der Waals surface area contributed by atoms with Crippen molar-refractivity contribution in [2.24, 2.45) is 5.41 Å². The maximum Gasteiger partial charge on any atom is 0.159 e. The lowest BCUT2D eigenvalue weighted by atomic mass is 9.71. The molecule has 0 aromatic heterocycles. The van der Waals surface area contributed by atoms with Crippen LogP contribution in [0.15, 0.2) is 70.4 Å². The Hall–Kier alpha value is -2.22. The molecule has 0 saturated heterocycles. The highest BCUT2D eigenvalue weighted by molar-refractivity contribution is 5.96. The molecule has 0 radical (unpaired) electrons. The Morgan fingerprint density at radius 2 is 1.96 bits per heavy atom. The molecule has 27 heavy (non-hydrogen) atoms. The van der Waals surface area contributed by atoms with Gasteiger partial charge >= 0.3 is 0 Å². The zero-order valence-corrected chi connectivity index (χ0v) is 17.4. The molecule has 0 amide bonds. The number of hydrogen-bond acceptors (Lipinski definition) is 2. The van der Waals surface area contributed by atoms with Crippen molar-refractivity contribution >= 4 is 11.6 Å². The molecule has 2 aliphatic carbocycles. The molecule has 1 unspecified atom stereocenters. The second-order valence-corrected chi connectivity index (χ2v) is 7.94. The first-order valence-electron chi connectivity index (χ1n) is 9.97. The molecule has 0 fully saturated rings. The Bertz CT molecular complexity index is 796. The molecule has 2 aliphatic rings. The highest BCUT2D eigenvalue weighted by Gasteiger charge is 2.30. The Morgan fingerprint density at radius 1 is 1.22 bits per heavy atom. The predicted octanol–water partition coefficient (Wildman–Crippen LogP) is 6.38. The number of hydrogen-bond donors (Lipinski definition) is 0. The van der Waals surface area contributed by atoms with Crippen molar-refractivity contribution in [2.45, 2.75) is 66.7 Å². The van der Waals surface area contributed by atoms with E-state index in [4.69, 9.17) is 0 Å². The smallest absolute Gasteiger partial charge is 0.159 e. The van der Waals surface area contributed by atoms with Crippen molar-refractivity contribution in [1.29, 1.82) is 0 Å². The third-order valence-electron chi connectivity index (χ3n) is 5.45. The van der Waals surface area contributed by atoms with Crippen LogP contribution in [-0.4, -0.2) is 11.6 Å². The minimum atomic E-state index is -0.121. The van der Waals surface area contributed by atoms with E-state index in [-0.39, 0.29) is 17.0 Å². The maximum absolute atomic E-state index is 11.9. The number of carbonyl (C=O) groups is 2. The number of ketones is 2. The molecular formula is C25H32O2. The van der Waals surface area contributed by atoms with Crippen LogP contribution in [-0.2, 0) is 9.59 Å². The molecule has 2 rings (SSSR count). The van der Waals surface area contributed by atoms with Crippen molar-refractivity contribution < 1.29 is 9.59 Å². The summed E-state index contributed by atoms with van der Waals surface area (Å²) >= 11 is 0. The lowest BCUT2D eigenvalue weighted by molar-refractivity contribution is -0.114. The van der Waals surface area contributed by atoms with E-state index in [1.165, 1.54) is 16.7 Å². The Kier molecular flexibility index (Phi) is 7.12. The minimum absolute atomic E-state index is 0.113. The zero-order chi connectivity index (χ0) is 20.0. The van der Waals surface area contributed by atoms with Gasteiger partial charge in [-0.3, -0.25) is 9.59 Å². The van der Waals surface area contributed by atoms with Gasteiger partial charge in [-0.1, -0.05) is 68.4 Å². The highest BCUT2D eigenvalue weighted by atomic mass is 16.1. The van der Waals surface area contributed by atoms with Crippen molar-refractivity contribution in [3.05, 3.63) is 70.4 Å². The summed E-state index contributed by atoms with van der Waals surface area (Å²) < 4.78 is 0. The quantitative estimate of drug-likeness (QED) is 0.388. The molecule has 0 spiro atoms. The molecule has 0 heterocycles. The van der Waals surface area contributed by atoms with E-state index in [1.807, 2.05) is 18.2 Å². The fourth-order valence-electron chi connectivity index (χ4n) is 3.59. The zero-order valence-electron chi connectivity index (χ0n) is 17.4. The molecule has 0 bridgehead atoms. The SMILES string of the molecule is CCC/C=C(\C=C/C1=C(C2(C)C=CC(C(C)=O)=CC2)C=C(C)CC1)C(C)=O. The third kappa shape index (κ3) is 5.38. The topological polar surface area (TPSA) is 34.1 Å². The highest BCUT2D eigenvalue weighted by Crippen LogP contribution is 2.43. The Balaban J connectivity index is 2.39. The van der Waals surface area contributed by atoms with Gasteiger partial charge in [-0.25, -0.2) is 0 Å². The number of Topliss-reactive ketones (excluding diaryl/α,β-unsaturated/α-hetero) is 2. The second kappa shape index (κ2) is 9.12. The normalized spacial score (nSPS) is 23.5. The second-order valence-electron chi connectivity index (χ2n) is 7.94. The van der Waals surface area contributed by atoms with Crippen molar-refractivity contribution in [1.82, 2.24) is 0 Å². The van der Waals surface area contributed by atoms with Gasteiger partial charge in [0.25, 0.3) is 0 Å². The molecule has 0 N–H and O–H groups in total. The van der Waals surface area contributed by atoms with Gasteiger partial charge in [-0.2, -0.15) is 0 Å². The van der Waals surface area contributed by atoms with Gasteiger partial charge in [0.2, 0.25) is 0 Å². The van der Waals surface area contributed by atoms with Crippen LogP contribution in [0, 0.1) is 5.41 Å². The number of unbranched alkanes of at least 4 members (excludes halogenated alkanes) is 1. The van der Waals surface area contributed by atoms with E-state index >= 15 is 0 Å². The molecule has 0 saturated carbocycles. The minimum Gasteiger partial charge on any atom is -0.295 e. The molecule has 1 atom stereocenters. The Morgan fingerprint density at radius 3 is 2.52 bits per heavy atom. The standard InChI is InChI=1S/C25H32O2/c1-6-7-8-21(19(3)26)11-12-23-10-9-18(2)17-24(23)25(5)15-13-22(14-16-25)20(4)27/h8,11-15,17H,6-7,9-10,16H2,1-5H3/b12-11-,21-8+. The van der Waals surface area contributed by atoms with Gasteiger partial charge in [-0.05, 0) is 57.6 Å². The van der Waals surface area contributed by atoms with Gasteiger partial charge in [0, 0.05) is 16.6 Å². The average Bonchev–Trinajstić information content (AvgIpc) is 2.62. The average molecular weight is 365 g/mol. The predicted molar refractivity (Wildman–Crippen MR) is 113 cm³/mol. The number of rotatable bonds is 7.